The van der Waals surface area contributed by atoms with Crippen LogP contribution in [0.3, 0.4) is 0 Å². The molecule has 4 nitrogen and oxygen atoms in total. The van der Waals surface area contributed by atoms with Crippen LogP contribution in [0.1, 0.15) is 42.5 Å². The van der Waals surface area contributed by atoms with E-state index in [1.165, 1.54) is 5.56 Å². The molecule has 5 heteroatoms. The van der Waals surface area contributed by atoms with Crippen molar-refractivity contribution < 1.29 is 18.4 Å². The van der Waals surface area contributed by atoms with Gasteiger partial charge in [0, 0.05) is 16.4 Å². The third kappa shape index (κ3) is 5.26. The second-order valence-corrected chi connectivity index (χ2v) is 14.5. The highest BCUT2D eigenvalue weighted by molar-refractivity contribution is 6.84. The summed E-state index contributed by atoms with van der Waals surface area (Å²) in [7, 11) is -0.588. The normalized spacial score (nSPS) is 12.2. The molecule has 1 heterocycles. The van der Waals surface area contributed by atoms with Gasteiger partial charge in [-0.25, -0.2) is 0 Å². The zero-order valence-electron chi connectivity index (χ0n) is 21.7. The van der Waals surface area contributed by atoms with Crippen LogP contribution in [0.5, 0.6) is 5.75 Å². The Bertz CT molecular complexity index is 1340. The highest BCUT2D eigenvalue weighted by atomic mass is 28.4. The Morgan fingerprint density at radius 1 is 0.943 bits per heavy atom. The van der Waals surface area contributed by atoms with E-state index >= 15 is 0 Å². The highest BCUT2D eigenvalue weighted by Crippen LogP contribution is 2.38. The lowest BCUT2D eigenvalue weighted by molar-refractivity contribution is 0.0832. The number of hydrogen-bond donors (Lipinski definition) is 0. The first-order chi connectivity index (χ1) is 16.5. The first-order valence-electron chi connectivity index (χ1n) is 12.0. The summed E-state index contributed by atoms with van der Waals surface area (Å²) in [4.78, 5) is 13.4. The Labute approximate surface area is 209 Å². The summed E-state index contributed by atoms with van der Waals surface area (Å²) >= 11 is 0. The SMILES string of the molecule is COc1ccc(-c2c(C(=O)C(C)(C)C)oc3ccc([Si](C)(C)OCc4ccc(C)cc4)cc23)cc1. The Morgan fingerprint density at radius 2 is 1.60 bits per heavy atom. The minimum absolute atomic E-state index is 0.0202. The van der Waals surface area contributed by atoms with Gasteiger partial charge in [-0.15, -0.1) is 0 Å². The smallest absolute Gasteiger partial charge is 0.218 e. The number of Topliss-reactive ketones (excluding diaryl/α,β-unsaturated/α-hetero) is 1. The molecule has 35 heavy (non-hydrogen) atoms. The number of ketones is 1. The molecule has 0 unspecified atom stereocenters. The molecule has 3 aromatic carbocycles. The molecular weight excluding hydrogens is 452 g/mol. The molecule has 4 aromatic rings. The van der Waals surface area contributed by atoms with Crippen molar-refractivity contribution >= 4 is 30.3 Å². The highest BCUT2D eigenvalue weighted by Gasteiger charge is 2.32. The molecule has 0 fully saturated rings. The molecule has 1 aromatic heterocycles. The fourth-order valence-corrected chi connectivity index (χ4v) is 5.72. The van der Waals surface area contributed by atoms with Crippen molar-refractivity contribution in [2.24, 2.45) is 5.41 Å². The molecule has 0 N–H and O–H groups in total. The minimum Gasteiger partial charge on any atom is -0.497 e. The maximum Gasteiger partial charge on any atom is 0.218 e. The molecule has 0 atom stereocenters. The van der Waals surface area contributed by atoms with Gasteiger partial charge >= 0.3 is 0 Å². The van der Waals surface area contributed by atoms with Crippen LogP contribution in [0.4, 0.5) is 0 Å². The molecule has 0 spiro atoms. The van der Waals surface area contributed by atoms with Crippen molar-refractivity contribution in [1.82, 2.24) is 0 Å². The monoisotopic (exact) mass is 486 g/mol. The maximum absolute atomic E-state index is 13.4. The van der Waals surface area contributed by atoms with Crippen LogP contribution in [-0.4, -0.2) is 21.2 Å². The summed E-state index contributed by atoms with van der Waals surface area (Å²) in [6.45, 7) is 12.8. The van der Waals surface area contributed by atoms with Crippen molar-refractivity contribution in [3.05, 3.63) is 83.6 Å². The van der Waals surface area contributed by atoms with Gasteiger partial charge < -0.3 is 13.6 Å². The zero-order chi connectivity index (χ0) is 25.4. The molecule has 0 amide bonds. The average molecular weight is 487 g/mol. The number of carbonyl (C=O) groups is 1. The van der Waals surface area contributed by atoms with Crippen molar-refractivity contribution in [2.45, 2.75) is 47.4 Å². The lowest BCUT2D eigenvalue weighted by atomic mass is 9.86. The summed E-state index contributed by atoms with van der Waals surface area (Å²) in [6.07, 6.45) is 0. The van der Waals surface area contributed by atoms with Gasteiger partial charge in [0.2, 0.25) is 14.1 Å². The van der Waals surface area contributed by atoms with E-state index in [2.05, 4.69) is 56.4 Å². The third-order valence-corrected chi connectivity index (χ3v) is 8.94. The topological polar surface area (TPSA) is 48.7 Å². The second kappa shape index (κ2) is 9.48. The van der Waals surface area contributed by atoms with E-state index < -0.39 is 13.7 Å². The van der Waals surface area contributed by atoms with Gasteiger partial charge in [-0.05, 0) is 60.6 Å². The number of hydrogen-bond acceptors (Lipinski definition) is 4. The van der Waals surface area contributed by atoms with Gasteiger partial charge in [0.25, 0.3) is 0 Å². The summed E-state index contributed by atoms with van der Waals surface area (Å²) in [5, 5.41) is 2.09. The van der Waals surface area contributed by atoms with Gasteiger partial charge in [-0.1, -0.05) is 68.8 Å². The van der Waals surface area contributed by atoms with E-state index in [1.807, 2.05) is 51.1 Å². The maximum atomic E-state index is 13.4. The number of aryl methyl sites for hydroxylation is 1. The Morgan fingerprint density at radius 3 is 2.20 bits per heavy atom. The Balaban J connectivity index is 1.78. The minimum atomic E-state index is -2.23. The number of benzene rings is 3. The predicted octanol–water partition coefficient (Wildman–Crippen LogP) is 7.27. The molecule has 0 bridgehead atoms. The van der Waals surface area contributed by atoms with Crippen molar-refractivity contribution in [3.63, 3.8) is 0 Å². The summed E-state index contributed by atoms with van der Waals surface area (Å²) in [5.74, 6) is 1.15. The standard InChI is InChI=1S/C30H34O4Si/c1-20-8-10-21(11-9-20)19-33-35(6,7)24-16-17-26-25(18-24)27(22-12-14-23(32-5)15-13-22)28(34-26)29(31)30(2,3)4/h8-18H,19H2,1-7H3. The van der Waals surface area contributed by atoms with Crippen LogP contribution in [0.2, 0.25) is 13.1 Å². The molecule has 0 aliphatic rings. The molecule has 182 valence electrons. The molecular formula is C30H34O4Si. The number of carbonyl (C=O) groups excluding carboxylic acids is 1. The van der Waals surface area contributed by atoms with Crippen LogP contribution in [0.15, 0.2) is 71.1 Å². The number of methoxy groups -OCH3 is 1. The Hall–Kier alpha value is -3.15. The van der Waals surface area contributed by atoms with Crippen LogP contribution in [0, 0.1) is 12.3 Å². The van der Waals surface area contributed by atoms with Crippen LogP contribution in [0.25, 0.3) is 22.1 Å². The molecule has 0 saturated carbocycles. The predicted molar refractivity (Wildman–Crippen MR) is 145 cm³/mol. The van der Waals surface area contributed by atoms with Crippen molar-refractivity contribution in [1.29, 1.82) is 0 Å². The number of fused-ring (bicyclic) bond motifs is 1. The molecule has 0 saturated heterocycles. The van der Waals surface area contributed by atoms with Gasteiger partial charge in [-0.2, -0.15) is 0 Å². The summed E-state index contributed by atoms with van der Waals surface area (Å²) in [6, 6.07) is 22.4. The van der Waals surface area contributed by atoms with E-state index in [9.17, 15) is 4.79 Å². The van der Waals surface area contributed by atoms with Crippen molar-refractivity contribution in [2.75, 3.05) is 7.11 Å². The van der Waals surface area contributed by atoms with E-state index in [0.717, 1.165) is 33.0 Å². The molecule has 0 radical (unpaired) electrons. The number of ether oxygens (including phenoxy) is 1. The van der Waals surface area contributed by atoms with E-state index in [4.69, 9.17) is 13.6 Å². The number of rotatable bonds is 7. The van der Waals surface area contributed by atoms with E-state index in [1.54, 1.807) is 7.11 Å². The van der Waals surface area contributed by atoms with Crippen molar-refractivity contribution in [3.8, 4) is 16.9 Å². The lowest BCUT2D eigenvalue weighted by Crippen LogP contribution is -2.44. The average Bonchev–Trinajstić information content (AvgIpc) is 3.21. The quantitative estimate of drug-likeness (QED) is 0.203. The Kier molecular flexibility index (Phi) is 6.76. The molecule has 4 rings (SSSR count). The third-order valence-electron chi connectivity index (χ3n) is 6.37. The fraction of sp³-hybridized carbons (Fsp3) is 0.300. The first-order valence-corrected chi connectivity index (χ1v) is 14.9. The van der Waals surface area contributed by atoms with Gasteiger partial charge in [0.1, 0.15) is 11.3 Å². The largest absolute Gasteiger partial charge is 0.497 e. The van der Waals surface area contributed by atoms with Gasteiger partial charge in [0.15, 0.2) is 5.76 Å². The summed E-state index contributed by atoms with van der Waals surface area (Å²) < 4.78 is 18.0. The van der Waals surface area contributed by atoms with Crippen LogP contribution in [-0.2, 0) is 11.0 Å². The first kappa shape index (κ1) is 25.0. The second-order valence-electron chi connectivity index (χ2n) is 10.6. The number of furan rings is 1. The van der Waals surface area contributed by atoms with E-state index in [-0.39, 0.29) is 5.78 Å². The van der Waals surface area contributed by atoms with Crippen LogP contribution >= 0.6 is 0 Å². The lowest BCUT2D eigenvalue weighted by Gasteiger charge is -2.23. The van der Waals surface area contributed by atoms with Gasteiger partial charge in [0.05, 0.1) is 13.7 Å². The molecule has 0 aliphatic carbocycles. The summed E-state index contributed by atoms with van der Waals surface area (Å²) in [5.41, 5.74) is 4.29. The van der Waals surface area contributed by atoms with E-state index in [0.29, 0.717) is 18.0 Å². The zero-order valence-corrected chi connectivity index (χ0v) is 22.7. The fourth-order valence-electron chi connectivity index (χ4n) is 4.05. The van der Waals surface area contributed by atoms with Gasteiger partial charge in [-0.3, -0.25) is 4.79 Å². The molecule has 0 aliphatic heterocycles. The van der Waals surface area contributed by atoms with Crippen LogP contribution < -0.4 is 9.92 Å².